The van der Waals surface area contributed by atoms with Gasteiger partial charge in [0, 0.05) is 37.5 Å². The molecule has 3 rings (SSSR count). The van der Waals surface area contributed by atoms with E-state index in [1.165, 1.54) is 12.1 Å². The number of carbonyl (C=O) groups excluding carboxylic acids is 1. The van der Waals surface area contributed by atoms with Crippen LogP contribution in [0.1, 0.15) is 35.7 Å². The number of Topliss-reactive ketones (excluding diaryl/α,β-unsaturated/α-hetero) is 1. The zero-order valence-corrected chi connectivity index (χ0v) is 12.5. The van der Waals surface area contributed by atoms with Crippen LogP contribution in [-0.2, 0) is 0 Å². The summed E-state index contributed by atoms with van der Waals surface area (Å²) in [6.45, 7) is 2.70. The number of piperidine rings is 1. The van der Waals surface area contributed by atoms with E-state index in [-0.39, 0.29) is 11.6 Å². The second-order valence-corrected chi connectivity index (χ2v) is 5.76. The normalized spacial score (nSPS) is 19.2. The molecule has 1 aromatic heterocycles. The fourth-order valence-corrected chi connectivity index (χ4v) is 2.99. The van der Waals surface area contributed by atoms with Gasteiger partial charge in [-0.15, -0.1) is 0 Å². The van der Waals surface area contributed by atoms with Crippen molar-refractivity contribution in [3.63, 3.8) is 0 Å². The molecule has 0 aliphatic carbocycles. The van der Waals surface area contributed by atoms with Crippen molar-refractivity contribution in [2.75, 3.05) is 19.6 Å². The van der Waals surface area contributed by atoms with Crippen LogP contribution in [0.4, 0.5) is 4.39 Å². The smallest absolute Gasteiger partial charge is 0.164 e. The molecule has 0 N–H and O–H groups in total. The van der Waals surface area contributed by atoms with E-state index < -0.39 is 0 Å². The molecular weight excluding hydrogens is 281 g/mol. The highest BCUT2D eigenvalue weighted by Crippen LogP contribution is 2.20. The standard InChI is InChI=1S/C17H20FN3O/c18-15-6-4-14(5-7-15)17(22)8-12-20-10-1-3-16(13-20)21-11-2-9-19-21/h2,4-7,9,11,16H,1,3,8,10,12-13H2/t16-/m1/s1. The zero-order valence-electron chi connectivity index (χ0n) is 12.5. The molecule has 0 amide bonds. The van der Waals surface area contributed by atoms with Gasteiger partial charge in [-0.05, 0) is 49.7 Å². The summed E-state index contributed by atoms with van der Waals surface area (Å²) in [6.07, 6.45) is 6.52. The Labute approximate surface area is 129 Å². The van der Waals surface area contributed by atoms with Crippen LogP contribution in [0.25, 0.3) is 0 Å². The molecule has 2 heterocycles. The highest BCUT2D eigenvalue weighted by atomic mass is 19.1. The minimum Gasteiger partial charge on any atom is -0.301 e. The molecule has 0 bridgehead atoms. The van der Waals surface area contributed by atoms with Crippen LogP contribution in [0.2, 0.25) is 0 Å². The quantitative estimate of drug-likeness (QED) is 0.797. The summed E-state index contributed by atoms with van der Waals surface area (Å²) >= 11 is 0. The molecular formula is C17H20FN3O. The van der Waals surface area contributed by atoms with Crippen molar-refractivity contribution in [2.45, 2.75) is 25.3 Å². The van der Waals surface area contributed by atoms with Crippen molar-refractivity contribution < 1.29 is 9.18 Å². The number of nitrogens with zero attached hydrogens (tertiary/aromatic N) is 3. The third-order valence-corrected chi connectivity index (χ3v) is 4.20. The second-order valence-electron chi connectivity index (χ2n) is 5.76. The Morgan fingerprint density at radius 1 is 1.32 bits per heavy atom. The van der Waals surface area contributed by atoms with E-state index in [1.807, 2.05) is 16.9 Å². The number of rotatable bonds is 5. The van der Waals surface area contributed by atoms with Crippen LogP contribution >= 0.6 is 0 Å². The summed E-state index contributed by atoms with van der Waals surface area (Å²) in [7, 11) is 0. The van der Waals surface area contributed by atoms with Gasteiger partial charge in [-0.3, -0.25) is 9.48 Å². The fraction of sp³-hybridized carbons (Fsp3) is 0.412. The average molecular weight is 301 g/mol. The molecule has 0 unspecified atom stereocenters. The molecule has 0 spiro atoms. The summed E-state index contributed by atoms with van der Waals surface area (Å²) in [4.78, 5) is 14.5. The van der Waals surface area contributed by atoms with Crippen molar-refractivity contribution in [2.24, 2.45) is 0 Å². The number of carbonyl (C=O) groups is 1. The topological polar surface area (TPSA) is 38.1 Å². The van der Waals surface area contributed by atoms with Crippen molar-refractivity contribution in [1.29, 1.82) is 0 Å². The molecule has 1 atom stereocenters. The number of likely N-dealkylation sites (tertiary alicyclic amines) is 1. The van der Waals surface area contributed by atoms with Gasteiger partial charge in [0.15, 0.2) is 5.78 Å². The largest absolute Gasteiger partial charge is 0.301 e. The summed E-state index contributed by atoms with van der Waals surface area (Å²) in [5.41, 5.74) is 0.585. The summed E-state index contributed by atoms with van der Waals surface area (Å²) in [5, 5.41) is 4.31. The molecule has 116 valence electrons. The molecule has 1 aromatic carbocycles. The molecule has 0 saturated carbocycles. The van der Waals surface area contributed by atoms with Gasteiger partial charge in [-0.1, -0.05) is 0 Å². The molecule has 2 aromatic rings. The van der Waals surface area contributed by atoms with E-state index in [0.717, 1.165) is 32.5 Å². The SMILES string of the molecule is O=C(CCN1CCC[C@@H](n2cccn2)C1)c1ccc(F)cc1. The molecule has 1 aliphatic rings. The third-order valence-electron chi connectivity index (χ3n) is 4.20. The third kappa shape index (κ3) is 3.60. The van der Waals surface area contributed by atoms with E-state index in [0.29, 0.717) is 18.0 Å². The first-order valence-electron chi connectivity index (χ1n) is 7.72. The minimum absolute atomic E-state index is 0.0706. The average Bonchev–Trinajstić information content (AvgIpc) is 3.08. The van der Waals surface area contributed by atoms with Crippen LogP contribution in [0.5, 0.6) is 0 Å². The summed E-state index contributed by atoms with van der Waals surface area (Å²) < 4.78 is 14.9. The molecule has 1 saturated heterocycles. The lowest BCUT2D eigenvalue weighted by molar-refractivity contribution is 0.0946. The number of halogens is 1. The Kier molecular flexibility index (Phi) is 4.63. The maximum absolute atomic E-state index is 12.9. The molecule has 1 aliphatic heterocycles. The molecule has 5 heteroatoms. The van der Waals surface area contributed by atoms with E-state index in [9.17, 15) is 9.18 Å². The minimum atomic E-state index is -0.311. The van der Waals surface area contributed by atoms with E-state index in [2.05, 4.69) is 10.00 Å². The summed E-state index contributed by atoms with van der Waals surface area (Å²) in [6, 6.07) is 8.12. The number of aromatic nitrogens is 2. The van der Waals surface area contributed by atoms with Gasteiger partial charge in [0.2, 0.25) is 0 Å². The Morgan fingerprint density at radius 2 is 2.14 bits per heavy atom. The first-order chi connectivity index (χ1) is 10.7. The van der Waals surface area contributed by atoms with Gasteiger partial charge in [-0.25, -0.2) is 4.39 Å². The first kappa shape index (κ1) is 14.9. The van der Waals surface area contributed by atoms with Gasteiger partial charge in [0.1, 0.15) is 5.82 Å². The van der Waals surface area contributed by atoms with Crippen LogP contribution in [0.15, 0.2) is 42.7 Å². The Bertz CT molecular complexity index is 609. The van der Waals surface area contributed by atoms with Crippen molar-refractivity contribution in [3.05, 3.63) is 54.1 Å². The molecule has 1 fully saturated rings. The van der Waals surface area contributed by atoms with Gasteiger partial charge >= 0.3 is 0 Å². The van der Waals surface area contributed by atoms with Gasteiger partial charge in [0.25, 0.3) is 0 Å². The highest BCUT2D eigenvalue weighted by Gasteiger charge is 2.21. The predicted molar refractivity (Wildman–Crippen MR) is 82.3 cm³/mol. The maximum Gasteiger partial charge on any atom is 0.164 e. The molecule has 22 heavy (non-hydrogen) atoms. The van der Waals surface area contributed by atoms with Crippen LogP contribution in [0.3, 0.4) is 0 Å². The number of ketones is 1. The van der Waals surface area contributed by atoms with E-state index in [4.69, 9.17) is 0 Å². The van der Waals surface area contributed by atoms with Crippen molar-refractivity contribution in [3.8, 4) is 0 Å². The Morgan fingerprint density at radius 3 is 2.86 bits per heavy atom. The highest BCUT2D eigenvalue weighted by molar-refractivity contribution is 5.96. The molecule has 4 nitrogen and oxygen atoms in total. The van der Waals surface area contributed by atoms with Crippen molar-refractivity contribution in [1.82, 2.24) is 14.7 Å². The van der Waals surface area contributed by atoms with E-state index in [1.54, 1.807) is 18.3 Å². The zero-order chi connectivity index (χ0) is 15.4. The fourth-order valence-electron chi connectivity index (χ4n) is 2.99. The predicted octanol–water partition coefficient (Wildman–Crippen LogP) is 2.93. The Balaban J connectivity index is 1.52. The maximum atomic E-state index is 12.9. The van der Waals surface area contributed by atoms with Gasteiger partial charge in [-0.2, -0.15) is 5.10 Å². The summed E-state index contributed by atoms with van der Waals surface area (Å²) in [5.74, 6) is -0.240. The van der Waals surface area contributed by atoms with Gasteiger partial charge in [0.05, 0.1) is 6.04 Å². The van der Waals surface area contributed by atoms with E-state index >= 15 is 0 Å². The second kappa shape index (κ2) is 6.83. The Hall–Kier alpha value is -2.01. The molecule has 0 radical (unpaired) electrons. The van der Waals surface area contributed by atoms with Crippen LogP contribution in [-0.4, -0.2) is 40.1 Å². The number of benzene rings is 1. The van der Waals surface area contributed by atoms with Crippen molar-refractivity contribution >= 4 is 5.78 Å². The van der Waals surface area contributed by atoms with Crippen LogP contribution in [0, 0.1) is 5.82 Å². The lowest BCUT2D eigenvalue weighted by atomic mass is 10.0. The monoisotopic (exact) mass is 301 g/mol. The lowest BCUT2D eigenvalue weighted by Gasteiger charge is -2.32. The number of hydrogen-bond acceptors (Lipinski definition) is 3. The lowest BCUT2D eigenvalue weighted by Crippen LogP contribution is -2.37. The first-order valence-corrected chi connectivity index (χ1v) is 7.72. The van der Waals surface area contributed by atoms with Crippen LogP contribution < -0.4 is 0 Å². The number of hydrogen-bond donors (Lipinski definition) is 0. The van der Waals surface area contributed by atoms with Gasteiger partial charge < -0.3 is 4.90 Å².